The highest BCUT2D eigenvalue weighted by molar-refractivity contribution is 9.10. The third-order valence-corrected chi connectivity index (χ3v) is 4.34. The second-order valence-electron chi connectivity index (χ2n) is 5.41. The molecule has 1 aromatic carbocycles. The normalized spacial score (nSPS) is 17.1. The van der Waals surface area contributed by atoms with Crippen LogP contribution in [-0.2, 0) is 0 Å². The maximum atomic E-state index is 3.73. The van der Waals surface area contributed by atoms with E-state index in [1.165, 1.54) is 47.7 Å². The van der Waals surface area contributed by atoms with Crippen molar-refractivity contribution in [3.63, 3.8) is 0 Å². The fourth-order valence-electron chi connectivity index (χ4n) is 2.78. The van der Waals surface area contributed by atoms with Crippen LogP contribution in [0.25, 0.3) is 0 Å². The highest BCUT2D eigenvalue weighted by atomic mass is 79.9. The van der Waals surface area contributed by atoms with Crippen LogP contribution in [0.4, 0.5) is 0 Å². The van der Waals surface area contributed by atoms with Gasteiger partial charge in [0, 0.05) is 4.47 Å². The van der Waals surface area contributed by atoms with Crippen LogP contribution in [0.1, 0.15) is 56.2 Å². The first kappa shape index (κ1) is 14.8. The van der Waals surface area contributed by atoms with Gasteiger partial charge in [0.15, 0.2) is 0 Å². The fraction of sp³-hybridized carbons (Fsp3) is 0.529. The molecule has 0 fully saturated rings. The fourth-order valence-corrected chi connectivity index (χ4v) is 3.16. The monoisotopic (exact) mass is 321 g/mol. The van der Waals surface area contributed by atoms with E-state index in [0.29, 0.717) is 6.04 Å². The standard InChI is InChI=1S/C17H24BrN/c1-3-11-19-17(14-7-5-4-6-8-14)16-12-15(18)10-9-13(16)2/h7,9-10,12,17,19H,3-6,8,11H2,1-2H3. The van der Waals surface area contributed by atoms with Gasteiger partial charge in [0.25, 0.3) is 0 Å². The predicted molar refractivity (Wildman–Crippen MR) is 86.5 cm³/mol. The summed E-state index contributed by atoms with van der Waals surface area (Å²) < 4.78 is 1.17. The van der Waals surface area contributed by atoms with E-state index >= 15 is 0 Å². The van der Waals surface area contributed by atoms with E-state index in [9.17, 15) is 0 Å². The molecule has 2 heteroatoms. The van der Waals surface area contributed by atoms with Gasteiger partial charge in [-0.3, -0.25) is 0 Å². The van der Waals surface area contributed by atoms with Crippen LogP contribution < -0.4 is 5.32 Å². The molecule has 104 valence electrons. The van der Waals surface area contributed by atoms with Crippen LogP contribution in [0.15, 0.2) is 34.3 Å². The Morgan fingerprint density at radius 3 is 2.84 bits per heavy atom. The van der Waals surface area contributed by atoms with Crippen molar-refractivity contribution in [2.24, 2.45) is 0 Å². The predicted octanol–water partition coefficient (Wildman–Crippen LogP) is 5.30. The van der Waals surface area contributed by atoms with Gasteiger partial charge in [0.1, 0.15) is 0 Å². The maximum Gasteiger partial charge on any atom is 0.0539 e. The maximum absolute atomic E-state index is 3.73. The Hall–Kier alpha value is -0.600. The van der Waals surface area contributed by atoms with Crippen molar-refractivity contribution in [1.29, 1.82) is 0 Å². The number of hydrogen-bond donors (Lipinski definition) is 1. The van der Waals surface area contributed by atoms with Crippen molar-refractivity contribution in [3.05, 3.63) is 45.4 Å². The summed E-state index contributed by atoms with van der Waals surface area (Å²) in [5, 5.41) is 3.73. The summed E-state index contributed by atoms with van der Waals surface area (Å²) in [7, 11) is 0. The topological polar surface area (TPSA) is 12.0 Å². The number of nitrogens with one attached hydrogen (secondary N) is 1. The number of hydrogen-bond acceptors (Lipinski definition) is 1. The molecule has 1 N–H and O–H groups in total. The van der Waals surface area contributed by atoms with E-state index in [1.54, 1.807) is 5.57 Å². The molecule has 1 aliphatic rings. The average Bonchev–Trinajstić information content (AvgIpc) is 2.44. The van der Waals surface area contributed by atoms with Crippen LogP contribution in [-0.4, -0.2) is 6.54 Å². The van der Waals surface area contributed by atoms with Crippen molar-refractivity contribution in [1.82, 2.24) is 5.32 Å². The molecule has 0 aromatic heterocycles. The van der Waals surface area contributed by atoms with Gasteiger partial charge in [-0.2, -0.15) is 0 Å². The smallest absolute Gasteiger partial charge is 0.0539 e. The Bertz CT molecular complexity index is 451. The molecule has 19 heavy (non-hydrogen) atoms. The van der Waals surface area contributed by atoms with E-state index in [0.717, 1.165) is 6.54 Å². The van der Waals surface area contributed by atoms with Gasteiger partial charge < -0.3 is 5.32 Å². The van der Waals surface area contributed by atoms with E-state index in [4.69, 9.17) is 0 Å². The van der Waals surface area contributed by atoms with Crippen LogP contribution in [0.3, 0.4) is 0 Å². The second kappa shape index (κ2) is 7.25. The lowest BCUT2D eigenvalue weighted by atomic mass is 9.88. The SMILES string of the molecule is CCCNC(C1=CCCCC1)c1cc(Br)ccc1C. The number of aryl methyl sites for hydroxylation is 1. The van der Waals surface area contributed by atoms with Crippen molar-refractivity contribution in [2.75, 3.05) is 6.54 Å². The molecular weight excluding hydrogens is 298 g/mol. The van der Waals surface area contributed by atoms with Gasteiger partial charge >= 0.3 is 0 Å². The van der Waals surface area contributed by atoms with Crippen LogP contribution in [0, 0.1) is 6.92 Å². The zero-order chi connectivity index (χ0) is 13.7. The first-order chi connectivity index (χ1) is 9.22. The van der Waals surface area contributed by atoms with Crippen LogP contribution in [0.5, 0.6) is 0 Å². The summed E-state index contributed by atoms with van der Waals surface area (Å²) in [6.45, 7) is 5.52. The highest BCUT2D eigenvalue weighted by Gasteiger charge is 2.19. The summed E-state index contributed by atoms with van der Waals surface area (Å²) in [4.78, 5) is 0. The van der Waals surface area contributed by atoms with Gasteiger partial charge in [0.2, 0.25) is 0 Å². The quantitative estimate of drug-likeness (QED) is 0.726. The lowest BCUT2D eigenvalue weighted by molar-refractivity contribution is 0.545. The molecule has 0 saturated carbocycles. The Morgan fingerprint density at radius 1 is 1.32 bits per heavy atom. The summed E-state index contributed by atoms with van der Waals surface area (Å²) in [5.41, 5.74) is 4.39. The number of rotatable bonds is 5. The summed E-state index contributed by atoms with van der Waals surface area (Å²) in [5.74, 6) is 0. The van der Waals surface area contributed by atoms with E-state index in [2.05, 4.69) is 59.4 Å². The molecule has 0 aliphatic heterocycles. The van der Waals surface area contributed by atoms with Crippen molar-refractivity contribution >= 4 is 15.9 Å². The molecule has 0 amide bonds. The van der Waals surface area contributed by atoms with Gasteiger partial charge in [-0.05, 0) is 68.8 Å². The Labute approximate surface area is 125 Å². The third kappa shape index (κ3) is 3.93. The zero-order valence-corrected chi connectivity index (χ0v) is 13.6. The second-order valence-corrected chi connectivity index (χ2v) is 6.33. The minimum atomic E-state index is 0.401. The molecule has 1 aromatic rings. The van der Waals surface area contributed by atoms with Crippen LogP contribution in [0.2, 0.25) is 0 Å². The molecule has 1 aliphatic carbocycles. The highest BCUT2D eigenvalue weighted by Crippen LogP contribution is 2.32. The molecule has 0 bridgehead atoms. The van der Waals surface area contributed by atoms with Crippen molar-refractivity contribution < 1.29 is 0 Å². The molecule has 0 radical (unpaired) electrons. The minimum absolute atomic E-state index is 0.401. The molecule has 0 saturated heterocycles. The van der Waals surface area contributed by atoms with E-state index < -0.39 is 0 Å². The van der Waals surface area contributed by atoms with E-state index in [1.807, 2.05) is 0 Å². The lowest BCUT2D eigenvalue weighted by Gasteiger charge is -2.26. The van der Waals surface area contributed by atoms with Gasteiger partial charge in [0.05, 0.1) is 6.04 Å². The molecule has 1 nitrogen and oxygen atoms in total. The third-order valence-electron chi connectivity index (χ3n) is 3.85. The Balaban J connectivity index is 2.30. The zero-order valence-electron chi connectivity index (χ0n) is 12.0. The first-order valence-corrected chi connectivity index (χ1v) is 8.20. The number of allylic oxidation sites excluding steroid dienone is 1. The first-order valence-electron chi connectivity index (χ1n) is 7.40. The van der Waals surface area contributed by atoms with Crippen molar-refractivity contribution in [2.45, 2.75) is 52.0 Å². The van der Waals surface area contributed by atoms with E-state index in [-0.39, 0.29) is 0 Å². The molecule has 1 atom stereocenters. The Kier molecular flexibility index (Phi) is 5.65. The molecule has 1 unspecified atom stereocenters. The van der Waals surface area contributed by atoms with Crippen LogP contribution >= 0.6 is 15.9 Å². The van der Waals surface area contributed by atoms with Gasteiger partial charge in [-0.15, -0.1) is 0 Å². The molecule has 0 spiro atoms. The molecule has 2 rings (SSSR count). The number of halogens is 1. The minimum Gasteiger partial charge on any atom is -0.307 e. The number of benzene rings is 1. The molecule has 0 heterocycles. The largest absolute Gasteiger partial charge is 0.307 e. The summed E-state index contributed by atoms with van der Waals surface area (Å²) >= 11 is 3.61. The van der Waals surface area contributed by atoms with Gasteiger partial charge in [-0.1, -0.05) is 40.6 Å². The average molecular weight is 322 g/mol. The lowest BCUT2D eigenvalue weighted by Crippen LogP contribution is -2.25. The molecular formula is C17H24BrN. The van der Waals surface area contributed by atoms with Crippen molar-refractivity contribution in [3.8, 4) is 0 Å². The Morgan fingerprint density at radius 2 is 2.16 bits per heavy atom. The van der Waals surface area contributed by atoms with Gasteiger partial charge in [-0.25, -0.2) is 0 Å². The summed E-state index contributed by atoms with van der Waals surface area (Å²) in [6.07, 6.45) is 8.80. The summed E-state index contributed by atoms with van der Waals surface area (Å²) in [6, 6.07) is 7.02.